The number of aromatic hydroxyl groups is 1. The second-order valence-corrected chi connectivity index (χ2v) is 7.64. The Morgan fingerprint density at radius 2 is 1.85 bits per heavy atom. The highest BCUT2D eigenvalue weighted by atomic mass is 35.5. The third-order valence-electron chi connectivity index (χ3n) is 5.52. The monoisotopic (exact) mass is 375 g/mol. The van der Waals surface area contributed by atoms with Crippen LogP contribution in [0.2, 0.25) is 5.02 Å². The van der Waals surface area contributed by atoms with Crippen molar-refractivity contribution in [2.24, 2.45) is 0 Å². The minimum Gasteiger partial charge on any atom is -0.506 e. The average Bonchev–Trinajstić information content (AvgIpc) is 2.80. The molecule has 1 aromatic heterocycles. The standard InChI is InChI=1S/C19H22ClN3O3/c20-14-9-11(7-8-15(14)24)13-10-16(25)21-18-17(13)19(26)22-23(18)12-5-3-1-2-4-6-12/h7-9,12-13,24H,1-6,10H2,(H,21,25)(H,22,26). The summed E-state index contributed by atoms with van der Waals surface area (Å²) in [5.41, 5.74) is 1.17. The molecule has 0 saturated heterocycles. The Labute approximate surface area is 156 Å². The van der Waals surface area contributed by atoms with E-state index in [1.54, 1.807) is 12.1 Å². The van der Waals surface area contributed by atoms with Crippen molar-refractivity contribution in [2.45, 2.75) is 56.9 Å². The number of nitrogens with zero attached hydrogens (tertiary/aromatic N) is 1. The van der Waals surface area contributed by atoms with E-state index in [9.17, 15) is 14.7 Å². The third kappa shape index (κ3) is 3.03. The Hall–Kier alpha value is -2.21. The summed E-state index contributed by atoms with van der Waals surface area (Å²) in [4.78, 5) is 25.1. The molecule has 0 radical (unpaired) electrons. The van der Waals surface area contributed by atoms with Crippen LogP contribution in [0, 0.1) is 0 Å². The number of hydrogen-bond acceptors (Lipinski definition) is 3. The zero-order valence-corrected chi connectivity index (χ0v) is 15.2. The maximum absolute atomic E-state index is 12.7. The fourth-order valence-electron chi connectivity index (χ4n) is 4.20. The number of phenols is 1. The van der Waals surface area contributed by atoms with Gasteiger partial charge in [-0.25, -0.2) is 0 Å². The second kappa shape index (κ2) is 6.83. The zero-order valence-electron chi connectivity index (χ0n) is 14.4. The van der Waals surface area contributed by atoms with Crippen molar-refractivity contribution in [1.82, 2.24) is 9.78 Å². The lowest BCUT2D eigenvalue weighted by molar-refractivity contribution is -0.116. The lowest BCUT2D eigenvalue weighted by Gasteiger charge is -2.26. The molecule has 1 saturated carbocycles. The normalized spacial score (nSPS) is 21.1. The van der Waals surface area contributed by atoms with Crippen molar-refractivity contribution in [3.63, 3.8) is 0 Å². The average molecular weight is 376 g/mol. The SMILES string of the molecule is O=C1CC(c2ccc(O)c(Cl)c2)c2c(n(C3CCCCCC3)[nH]c2=O)N1. The summed E-state index contributed by atoms with van der Waals surface area (Å²) in [5.74, 6) is 0.0916. The molecule has 1 aliphatic heterocycles. The van der Waals surface area contributed by atoms with Crippen LogP contribution in [0.25, 0.3) is 0 Å². The van der Waals surface area contributed by atoms with E-state index in [1.807, 2.05) is 4.68 Å². The number of amides is 1. The van der Waals surface area contributed by atoms with Crippen LogP contribution < -0.4 is 10.9 Å². The first-order valence-corrected chi connectivity index (χ1v) is 9.55. The summed E-state index contributed by atoms with van der Waals surface area (Å²) in [6.45, 7) is 0. The van der Waals surface area contributed by atoms with Crippen molar-refractivity contribution in [2.75, 3.05) is 5.32 Å². The molecule has 138 valence electrons. The molecule has 1 aromatic carbocycles. The van der Waals surface area contributed by atoms with Crippen molar-refractivity contribution in [3.8, 4) is 5.75 Å². The predicted octanol–water partition coefficient (Wildman–Crippen LogP) is 3.90. The highest BCUT2D eigenvalue weighted by Crippen LogP contribution is 2.39. The number of carbonyl (C=O) groups excluding carboxylic acids is 1. The first-order chi connectivity index (χ1) is 12.5. The summed E-state index contributed by atoms with van der Waals surface area (Å²) in [5, 5.41) is 15.7. The molecule has 1 amide bonds. The van der Waals surface area contributed by atoms with Crippen LogP contribution in [0.4, 0.5) is 5.82 Å². The number of hydrogen-bond donors (Lipinski definition) is 3. The van der Waals surface area contributed by atoms with Gasteiger partial charge in [0.05, 0.1) is 16.6 Å². The van der Waals surface area contributed by atoms with Gasteiger partial charge in [0.15, 0.2) is 0 Å². The summed E-state index contributed by atoms with van der Waals surface area (Å²) in [7, 11) is 0. The maximum Gasteiger partial charge on any atom is 0.270 e. The van der Waals surface area contributed by atoms with E-state index < -0.39 is 0 Å². The molecule has 1 aliphatic carbocycles. The minimum atomic E-state index is -0.368. The number of fused-ring (bicyclic) bond motifs is 1. The van der Waals surface area contributed by atoms with Crippen molar-refractivity contribution < 1.29 is 9.90 Å². The van der Waals surface area contributed by atoms with E-state index in [2.05, 4.69) is 10.4 Å². The number of nitrogens with one attached hydrogen (secondary N) is 2. The second-order valence-electron chi connectivity index (χ2n) is 7.23. The van der Waals surface area contributed by atoms with Crippen LogP contribution >= 0.6 is 11.6 Å². The van der Waals surface area contributed by atoms with Crippen LogP contribution in [0.5, 0.6) is 5.75 Å². The number of phenolic OH excluding ortho intramolecular Hbond substituents is 1. The highest BCUT2D eigenvalue weighted by Gasteiger charge is 2.34. The van der Waals surface area contributed by atoms with Crippen LogP contribution in [0.1, 0.15) is 68.0 Å². The topological polar surface area (TPSA) is 87.1 Å². The van der Waals surface area contributed by atoms with Crippen molar-refractivity contribution in [1.29, 1.82) is 0 Å². The van der Waals surface area contributed by atoms with Crippen LogP contribution in [-0.4, -0.2) is 20.8 Å². The summed E-state index contributed by atoms with van der Waals surface area (Å²) in [6, 6.07) is 5.06. The van der Waals surface area contributed by atoms with Gasteiger partial charge in [0, 0.05) is 12.3 Å². The Kier molecular flexibility index (Phi) is 4.53. The first kappa shape index (κ1) is 17.2. The molecule has 26 heavy (non-hydrogen) atoms. The number of halogens is 1. The van der Waals surface area contributed by atoms with E-state index in [0.29, 0.717) is 11.4 Å². The van der Waals surface area contributed by atoms with Gasteiger partial charge in [0.2, 0.25) is 5.91 Å². The zero-order chi connectivity index (χ0) is 18.3. The molecule has 0 spiro atoms. The number of benzene rings is 1. The Balaban J connectivity index is 1.79. The molecule has 7 heteroatoms. The largest absolute Gasteiger partial charge is 0.506 e. The molecule has 2 aromatic rings. The van der Waals surface area contributed by atoms with Crippen molar-refractivity contribution >= 4 is 23.3 Å². The number of anilines is 1. The van der Waals surface area contributed by atoms with Gasteiger partial charge in [0.25, 0.3) is 5.56 Å². The molecule has 1 fully saturated rings. The van der Waals surface area contributed by atoms with E-state index in [1.165, 1.54) is 18.9 Å². The predicted molar refractivity (Wildman–Crippen MR) is 100.0 cm³/mol. The Morgan fingerprint density at radius 3 is 2.54 bits per heavy atom. The minimum absolute atomic E-state index is 0.0131. The maximum atomic E-state index is 12.7. The summed E-state index contributed by atoms with van der Waals surface area (Å²) < 4.78 is 1.87. The summed E-state index contributed by atoms with van der Waals surface area (Å²) >= 11 is 6.04. The molecule has 0 bridgehead atoms. The molecule has 4 rings (SSSR count). The number of aromatic amines is 1. The Bertz CT molecular complexity index is 894. The molecular formula is C19H22ClN3O3. The Morgan fingerprint density at radius 1 is 1.12 bits per heavy atom. The highest BCUT2D eigenvalue weighted by molar-refractivity contribution is 6.32. The van der Waals surface area contributed by atoms with E-state index in [0.717, 1.165) is 31.2 Å². The van der Waals surface area contributed by atoms with E-state index >= 15 is 0 Å². The lowest BCUT2D eigenvalue weighted by atomic mass is 9.87. The molecule has 2 heterocycles. The quantitative estimate of drug-likeness (QED) is 0.695. The fourth-order valence-corrected chi connectivity index (χ4v) is 4.39. The number of aromatic nitrogens is 2. The van der Waals surface area contributed by atoms with Crippen LogP contribution in [-0.2, 0) is 4.79 Å². The molecule has 2 aliphatic rings. The summed E-state index contributed by atoms with van der Waals surface area (Å²) in [6.07, 6.45) is 6.88. The van der Waals surface area contributed by atoms with Gasteiger partial charge < -0.3 is 10.4 Å². The molecule has 3 N–H and O–H groups in total. The molecule has 1 unspecified atom stereocenters. The molecule has 6 nitrogen and oxygen atoms in total. The molecular weight excluding hydrogens is 354 g/mol. The van der Waals surface area contributed by atoms with Crippen molar-refractivity contribution in [3.05, 3.63) is 44.7 Å². The van der Waals surface area contributed by atoms with E-state index in [4.69, 9.17) is 11.6 Å². The smallest absolute Gasteiger partial charge is 0.270 e. The van der Waals surface area contributed by atoms with Gasteiger partial charge in [0.1, 0.15) is 11.6 Å². The van der Waals surface area contributed by atoms with Gasteiger partial charge in [-0.2, -0.15) is 0 Å². The van der Waals surface area contributed by atoms with Gasteiger partial charge >= 0.3 is 0 Å². The van der Waals surface area contributed by atoms with E-state index in [-0.39, 0.29) is 40.6 Å². The fraction of sp³-hybridized carbons (Fsp3) is 0.474. The first-order valence-electron chi connectivity index (χ1n) is 9.17. The lowest BCUT2D eigenvalue weighted by Crippen LogP contribution is -2.27. The van der Waals surface area contributed by atoms with Gasteiger partial charge in [-0.15, -0.1) is 0 Å². The number of rotatable bonds is 2. The van der Waals surface area contributed by atoms with Gasteiger partial charge in [-0.3, -0.25) is 19.4 Å². The molecule has 1 atom stereocenters. The number of H-pyrrole nitrogens is 1. The van der Waals surface area contributed by atoms with Gasteiger partial charge in [-0.05, 0) is 30.5 Å². The third-order valence-corrected chi connectivity index (χ3v) is 5.83. The van der Waals surface area contributed by atoms with Gasteiger partial charge in [-0.1, -0.05) is 43.4 Å². The van der Waals surface area contributed by atoms with Crippen LogP contribution in [0.3, 0.4) is 0 Å². The van der Waals surface area contributed by atoms with Crippen LogP contribution in [0.15, 0.2) is 23.0 Å². The number of carbonyl (C=O) groups is 1.